The summed E-state index contributed by atoms with van der Waals surface area (Å²) < 4.78 is 19.9. The number of fused-ring (bicyclic) bond motifs is 2. The predicted molar refractivity (Wildman–Crippen MR) is 105 cm³/mol. The second-order valence-electron chi connectivity index (χ2n) is 7.94. The van der Waals surface area contributed by atoms with Crippen LogP contribution < -0.4 is 15.8 Å². The van der Waals surface area contributed by atoms with Gasteiger partial charge < -0.3 is 15.8 Å². The number of carbonyl (C=O) groups excluding carboxylic acids is 1. The summed E-state index contributed by atoms with van der Waals surface area (Å²) in [4.78, 5) is 16.8. The summed E-state index contributed by atoms with van der Waals surface area (Å²) in [6.45, 7) is 0.189. The number of rotatable bonds is 5. The van der Waals surface area contributed by atoms with Gasteiger partial charge in [-0.3, -0.25) is 9.78 Å². The van der Waals surface area contributed by atoms with Crippen LogP contribution in [0.25, 0.3) is 0 Å². The third kappa shape index (κ3) is 4.17. The van der Waals surface area contributed by atoms with Crippen molar-refractivity contribution < 1.29 is 13.9 Å². The Morgan fingerprint density at radius 1 is 1.21 bits per heavy atom. The molecule has 0 saturated heterocycles. The molecular formula is C22H26FN3O2. The Bertz CT molecular complexity index is 816. The lowest BCUT2D eigenvalue weighted by atomic mass is 9.65. The summed E-state index contributed by atoms with van der Waals surface area (Å²) in [6.07, 6.45) is 6.76. The van der Waals surface area contributed by atoms with Crippen molar-refractivity contribution in [2.75, 3.05) is 5.32 Å². The van der Waals surface area contributed by atoms with Gasteiger partial charge in [-0.2, -0.15) is 0 Å². The minimum atomic E-state index is -0.503. The Morgan fingerprint density at radius 3 is 2.68 bits per heavy atom. The fourth-order valence-electron chi connectivity index (χ4n) is 4.58. The third-order valence-electron chi connectivity index (χ3n) is 6.08. The lowest BCUT2D eigenvalue weighted by Gasteiger charge is -2.43. The first-order valence-corrected chi connectivity index (χ1v) is 9.99. The topological polar surface area (TPSA) is 77.2 Å². The lowest BCUT2D eigenvalue weighted by molar-refractivity contribution is -0.122. The highest BCUT2D eigenvalue weighted by Crippen LogP contribution is 2.42. The van der Waals surface area contributed by atoms with Gasteiger partial charge in [0.05, 0.1) is 5.69 Å². The Morgan fingerprint density at radius 2 is 2.00 bits per heavy atom. The van der Waals surface area contributed by atoms with Crippen LogP contribution in [-0.4, -0.2) is 16.9 Å². The first-order chi connectivity index (χ1) is 13.6. The Hall–Kier alpha value is -2.47. The van der Waals surface area contributed by atoms with Crippen molar-refractivity contribution in [1.82, 2.24) is 4.98 Å². The molecule has 2 aliphatic rings. The number of anilines is 1. The summed E-state index contributed by atoms with van der Waals surface area (Å²) in [7, 11) is 0. The molecule has 0 spiro atoms. The van der Waals surface area contributed by atoms with Crippen LogP contribution in [0.5, 0.6) is 5.75 Å². The summed E-state index contributed by atoms with van der Waals surface area (Å²) in [5.74, 6) is 0.423. The molecule has 5 nitrogen and oxygen atoms in total. The largest absolute Gasteiger partial charge is 0.484 e. The molecule has 2 aromatic rings. The first-order valence-electron chi connectivity index (χ1n) is 9.99. The van der Waals surface area contributed by atoms with E-state index in [-0.39, 0.29) is 30.2 Å². The van der Waals surface area contributed by atoms with E-state index in [1.165, 1.54) is 12.5 Å². The number of hydrogen-bond donors (Lipinski definition) is 2. The number of pyridine rings is 1. The van der Waals surface area contributed by atoms with Crippen LogP contribution in [0, 0.1) is 23.6 Å². The van der Waals surface area contributed by atoms with E-state index in [4.69, 9.17) is 10.5 Å². The number of nitrogens with zero attached hydrogens (tertiary/aromatic N) is 1. The van der Waals surface area contributed by atoms with Crippen LogP contribution in [0.3, 0.4) is 0 Å². The number of benzene rings is 1. The van der Waals surface area contributed by atoms with Crippen LogP contribution >= 0.6 is 0 Å². The van der Waals surface area contributed by atoms with Crippen LogP contribution in [-0.2, 0) is 11.4 Å². The van der Waals surface area contributed by atoms with E-state index in [0.717, 1.165) is 31.4 Å². The molecule has 148 valence electrons. The Labute approximate surface area is 164 Å². The van der Waals surface area contributed by atoms with Gasteiger partial charge in [0.25, 0.3) is 0 Å². The van der Waals surface area contributed by atoms with Gasteiger partial charge in [-0.05, 0) is 61.8 Å². The molecule has 4 rings (SSSR count). The van der Waals surface area contributed by atoms with Crippen LogP contribution in [0.15, 0.2) is 42.6 Å². The van der Waals surface area contributed by atoms with Gasteiger partial charge in [-0.15, -0.1) is 0 Å². The molecular weight excluding hydrogens is 357 g/mol. The van der Waals surface area contributed by atoms with Crippen molar-refractivity contribution in [2.45, 2.75) is 44.8 Å². The zero-order valence-corrected chi connectivity index (χ0v) is 15.8. The molecule has 3 N–H and O–H groups in total. The molecule has 2 aliphatic carbocycles. The number of carbonyl (C=O) groups is 1. The SMILES string of the molecule is NC1C2CCCC1CC(C(=O)Nc1ccc(OCc3ccccn3)c(F)c1)C2. The molecule has 2 fully saturated rings. The van der Waals surface area contributed by atoms with E-state index in [1.807, 2.05) is 18.2 Å². The van der Waals surface area contributed by atoms with Gasteiger partial charge in [-0.1, -0.05) is 12.5 Å². The van der Waals surface area contributed by atoms with Crippen LogP contribution in [0.2, 0.25) is 0 Å². The monoisotopic (exact) mass is 383 g/mol. The molecule has 2 atom stereocenters. The normalized spacial score (nSPS) is 26.5. The minimum Gasteiger partial charge on any atom is -0.484 e. The smallest absolute Gasteiger partial charge is 0.227 e. The van der Waals surface area contributed by atoms with Crippen molar-refractivity contribution in [1.29, 1.82) is 0 Å². The molecule has 2 saturated carbocycles. The van der Waals surface area contributed by atoms with Crippen LogP contribution in [0.4, 0.5) is 10.1 Å². The molecule has 1 amide bonds. The zero-order valence-electron chi connectivity index (χ0n) is 15.8. The highest BCUT2D eigenvalue weighted by Gasteiger charge is 2.40. The van der Waals surface area contributed by atoms with E-state index >= 15 is 0 Å². The highest BCUT2D eigenvalue weighted by molar-refractivity contribution is 5.92. The maximum atomic E-state index is 14.4. The Kier molecular flexibility index (Phi) is 5.57. The molecule has 1 aromatic carbocycles. The van der Waals surface area contributed by atoms with Gasteiger partial charge in [-0.25, -0.2) is 4.39 Å². The summed E-state index contributed by atoms with van der Waals surface area (Å²) in [5.41, 5.74) is 7.48. The third-order valence-corrected chi connectivity index (χ3v) is 6.08. The molecule has 28 heavy (non-hydrogen) atoms. The van der Waals surface area contributed by atoms with E-state index in [0.29, 0.717) is 17.5 Å². The van der Waals surface area contributed by atoms with E-state index in [2.05, 4.69) is 10.3 Å². The summed E-state index contributed by atoms with van der Waals surface area (Å²) in [6, 6.07) is 10.2. The van der Waals surface area contributed by atoms with Crippen molar-refractivity contribution in [3.8, 4) is 5.75 Å². The van der Waals surface area contributed by atoms with Crippen molar-refractivity contribution in [2.24, 2.45) is 23.5 Å². The second-order valence-corrected chi connectivity index (χ2v) is 7.94. The van der Waals surface area contributed by atoms with Crippen molar-refractivity contribution in [3.63, 3.8) is 0 Å². The molecule has 1 aromatic heterocycles. The number of aromatic nitrogens is 1. The van der Waals surface area contributed by atoms with E-state index in [9.17, 15) is 9.18 Å². The van der Waals surface area contributed by atoms with Gasteiger partial charge >= 0.3 is 0 Å². The van der Waals surface area contributed by atoms with Gasteiger partial charge in [0.15, 0.2) is 11.6 Å². The molecule has 0 radical (unpaired) electrons. The number of ether oxygens (including phenoxy) is 1. The molecule has 6 heteroatoms. The molecule has 2 unspecified atom stereocenters. The summed E-state index contributed by atoms with van der Waals surface area (Å²) in [5, 5.41) is 2.87. The first kappa shape index (κ1) is 18.9. The second kappa shape index (κ2) is 8.27. The van der Waals surface area contributed by atoms with Crippen molar-refractivity contribution in [3.05, 3.63) is 54.1 Å². The predicted octanol–water partition coefficient (Wildman–Crippen LogP) is 3.89. The fourth-order valence-corrected chi connectivity index (χ4v) is 4.58. The molecule has 0 aliphatic heterocycles. The average molecular weight is 383 g/mol. The quantitative estimate of drug-likeness (QED) is 0.821. The molecule has 2 bridgehead atoms. The number of halogens is 1. The number of hydrogen-bond acceptors (Lipinski definition) is 4. The number of nitrogens with two attached hydrogens (primary N) is 1. The standard InChI is InChI=1S/C22H26FN3O2/c23-19-12-17(7-8-20(19)28-13-18-6-1-2-9-25-18)26-22(27)16-10-14-4-3-5-15(11-16)21(14)24/h1-2,6-9,12,14-16,21H,3-5,10-11,13,24H2,(H,26,27). The number of amides is 1. The molecule has 1 heterocycles. The zero-order chi connectivity index (χ0) is 19.5. The summed E-state index contributed by atoms with van der Waals surface area (Å²) >= 11 is 0. The van der Waals surface area contributed by atoms with Gasteiger partial charge in [0, 0.05) is 29.9 Å². The van der Waals surface area contributed by atoms with E-state index < -0.39 is 5.82 Å². The minimum absolute atomic E-state index is 0.0367. The number of nitrogens with one attached hydrogen (secondary N) is 1. The van der Waals surface area contributed by atoms with Crippen LogP contribution in [0.1, 0.15) is 37.8 Å². The van der Waals surface area contributed by atoms with Gasteiger partial charge in [0.2, 0.25) is 5.91 Å². The average Bonchev–Trinajstić information content (AvgIpc) is 2.68. The maximum Gasteiger partial charge on any atom is 0.227 e. The fraction of sp³-hybridized carbons (Fsp3) is 0.455. The van der Waals surface area contributed by atoms with Crippen molar-refractivity contribution >= 4 is 11.6 Å². The highest BCUT2D eigenvalue weighted by atomic mass is 19.1. The van der Waals surface area contributed by atoms with E-state index in [1.54, 1.807) is 18.3 Å². The Balaban J connectivity index is 1.36. The van der Waals surface area contributed by atoms with Gasteiger partial charge in [0.1, 0.15) is 6.61 Å². The maximum absolute atomic E-state index is 14.4. The lowest BCUT2D eigenvalue weighted by Crippen LogP contribution is -2.48.